The van der Waals surface area contributed by atoms with E-state index in [-0.39, 0.29) is 5.91 Å². The van der Waals surface area contributed by atoms with Gasteiger partial charge < -0.3 is 10.2 Å². The number of hydrogen-bond donors (Lipinski definition) is 1. The van der Waals surface area contributed by atoms with Crippen molar-refractivity contribution in [3.63, 3.8) is 0 Å². The van der Waals surface area contributed by atoms with Crippen LogP contribution < -0.4 is 5.32 Å². The third kappa shape index (κ3) is 5.85. The Balaban J connectivity index is 3.32. The minimum absolute atomic E-state index is 0.130. The fraction of sp³-hybridized carbons (Fsp3) is 0.875. The Morgan fingerprint density at radius 2 is 2.00 bits per heavy atom. The van der Waals surface area contributed by atoms with Crippen molar-refractivity contribution in [1.82, 2.24) is 10.2 Å². The molecule has 0 fully saturated rings. The summed E-state index contributed by atoms with van der Waals surface area (Å²) >= 11 is 0. The van der Waals surface area contributed by atoms with Crippen LogP contribution in [0.5, 0.6) is 0 Å². The van der Waals surface area contributed by atoms with Crippen LogP contribution in [-0.4, -0.2) is 38.0 Å². The number of likely N-dealkylation sites (N-methyl/N-ethyl adjacent to an activating group) is 1. The summed E-state index contributed by atoms with van der Waals surface area (Å²) in [6.45, 7) is 5.59. The van der Waals surface area contributed by atoms with Gasteiger partial charge in [0.25, 0.3) is 0 Å². The third-order valence-corrected chi connectivity index (χ3v) is 1.33. The van der Waals surface area contributed by atoms with Gasteiger partial charge in [0.05, 0.1) is 6.54 Å². The average molecular weight is 158 g/mol. The van der Waals surface area contributed by atoms with Crippen molar-refractivity contribution < 1.29 is 4.79 Å². The summed E-state index contributed by atoms with van der Waals surface area (Å²) < 4.78 is 0. The number of nitrogens with zero attached hydrogens (tertiary/aromatic N) is 1. The molecule has 0 aliphatic rings. The molecule has 0 aromatic heterocycles. The molecule has 3 heteroatoms. The predicted molar refractivity (Wildman–Crippen MR) is 46.4 cm³/mol. The lowest BCUT2D eigenvalue weighted by atomic mass is 10.2. The Kier molecular flexibility index (Phi) is 4.86. The van der Waals surface area contributed by atoms with Gasteiger partial charge in [0.1, 0.15) is 0 Å². The molecule has 0 spiro atoms. The molecule has 0 aliphatic carbocycles. The standard InChI is InChI=1S/C8H18N2O/c1-7(2)5-9-6-8(11)10(3)4/h7,9H,5-6H2,1-4H3. The summed E-state index contributed by atoms with van der Waals surface area (Å²) in [5, 5.41) is 3.07. The van der Waals surface area contributed by atoms with E-state index in [2.05, 4.69) is 19.2 Å². The number of carbonyl (C=O) groups excluding carboxylic acids is 1. The molecule has 0 bridgehead atoms. The number of hydrogen-bond acceptors (Lipinski definition) is 2. The Morgan fingerprint density at radius 1 is 1.45 bits per heavy atom. The normalized spacial score (nSPS) is 10.3. The van der Waals surface area contributed by atoms with Crippen LogP contribution in [0.2, 0.25) is 0 Å². The molecular weight excluding hydrogens is 140 g/mol. The summed E-state index contributed by atoms with van der Waals surface area (Å²) in [6, 6.07) is 0. The van der Waals surface area contributed by atoms with Gasteiger partial charge in [-0.3, -0.25) is 4.79 Å². The highest BCUT2D eigenvalue weighted by molar-refractivity contribution is 5.77. The van der Waals surface area contributed by atoms with E-state index >= 15 is 0 Å². The van der Waals surface area contributed by atoms with E-state index in [1.54, 1.807) is 19.0 Å². The lowest BCUT2D eigenvalue weighted by Gasteiger charge is -2.11. The topological polar surface area (TPSA) is 32.3 Å². The summed E-state index contributed by atoms with van der Waals surface area (Å²) in [4.78, 5) is 12.6. The van der Waals surface area contributed by atoms with Gasteiger partial charge in [0, 0.05) is 14.1 Å². The molecular formula is C8H18N2O. The van der Waals surface area contributed by atoms with Crippen molar-refractivity contribution in [2.75, 3.05) is 27.2 Å². The summed E-state index contributed by atoms with van der Waals surface area (Å²) in [6.07, 6.45) is 0. The van der Waals surface area contributed by atoms with Crippen molar-refractivity contribution in [3.05, 3.63) is 0 Å². The Bertz CT molecular complexity index is 121. The molecule has 0 aromatic rings. The molecule has 11 heavy (non-hydrogen) atoms. The van der Waals surface area contributed by atoms with Gasteiger partial charge in [-0.05, 0) is 12.5 Å². The van der Waals surface area contributed by atoms with E-state index in [1.165, 1.54) is 0 Å². The quantitative estimate of drug-likeness (QED) is 0.639. The largest absolute Gasteiger partial charge is 0.348 e. The van der Waals surface area contributed by atoms with Gasteiger partial charge in [-0.15, -0.1) is 0 Å². The van der Waals surface area contributed by atoms with E-state index in [9.17, 15) is 4.79 Å². The molecule has 1 N–H and O–H groups in total. The molecule has 0 unspecified atom stereocenters. The number of amides is 1. The summed E-state index contributed by atoms with van der Waals surface area (Å²) in [7, 11) is 3.53. The minimum Gasteiger partial charge on any atom is -0.348 e. The van der Waals surface area contributed by atoms with Crippen LogP contribution in [0.25, 0.3) is 0 Å². The fourth-order valence-corrected chi connectivity index (χ4v) is 0.626. The molecule has 1 amide bonds. The van der Waals surface area contributed by atoms with E-state index in [1.807, 2.05) is 0 Å². The first kappa shape index (κ1) is 10.4. The second-order valence-corrected chi connectivity index (χ2v) is 3.31. The van der Waals surface area contributed by atoms with Crippen LogP contribution in [-0.2, 0) is 4.79 Å². The maximum atomic E-state index is 11.0. The molecule has 0 saturated carbocycles. The summed E-state index contributed by atoms with van der Waals surface area (Å²) in [5.41, 5.74) is 0. The zero-order valence-electron chi connectivity index (χ0n) is 7.85. The summed E-state index contributed by atoms with van der Waals surface area (Å²) in [5.74, 6) is 0.732. The van der Waals surface area contributed by atoms with Crippen molar-refractivity contribution >= 4 is 5.91 Å². The van der Waals surface area contributed by atoms with Gasteiger partial charge in [-0.1, -0.05) is 13.8 Å². The van der Waals surface area contributed by atoms with Crippen LogP contribution in [0.4, 0.5) is 0 Å². The molecule has 0 heterocycles. The van der Waals surface area contributed by atoms with Crippen LogP contribution >= 0.6 is 0 Å². The predicted octanol–water partition coefficient (Wildman–Crippen LogP) is 0.320. The van der Waals surface area contributed by atoms with Crippen LogP contribution in [0.1, 0.15) is 13.8 Å². The van der Waals surface area contributed by atoms with Gasteiger partial charge >= 0.3 is 0 Å². The molecule has 0 rings (SSSR count). The van der Waals surface area contributed by atoms with E-state index in [4.69, 9.17) is 0 Å². The molecule has 66 valence electrons. The Hall–Kier alpha value is -0.570. The highest BCUT2D eigenvalue weighted by atomic mass is 16.2. The minimum atomic E-state index is 0.130. The number of rotatable bonds is 4. The van der Waals surface area contributed by atoms with Gasteiger partial charge in [-0.2, -0.15) is 0 Å². The first-order valence-electron chi connectivity index (χ1n) is 3.95. The Morgan fingerprint density at radius 3 is 2.36 bits per heavy atom. The second kappa shape index (κ2) is 5.13. The lowest BCUT2D eigenvalue weighted by Crippen LogP contribution is -2.34. The average Bonchev–Trinajstić information content (AvgIpc) is 1.86. The maximum absolute atomic E-state index is 11.0. The van der Waals surface area contributed by atoms with E-state index in [0.29, 0.717) is 12.5 Å². The first-order chi connectivity index (χ1) is 5.04. The number of carbonyl (C=O) groups is 1. The molecule has 0 aromatic carbocycles. The molecule has 0 aliphatic heterocycles. The molecule has 0 radical (unpaired) electrons. The number of nitrogens with one attached hydrogen (secondary N) is 1. The zero-order chi connectivity index (χ0) is 8.85. The monoisotopic (exact) mass is 158 g/mol. The van der Waals surface area contributed by atoms with E-state index < -0.39 is 0 Å². The second-order valence-electron chi connectivity index (χ2n) is 3.31. The SMILES string of the molecule is CC(C)CNCC(=O)N(C)C. The smallest absolute Gasteiger partial charge is 0.236 e. The fourth-order valence-electron chi connectivity index (χ4n) is 0.626. The van der Waals surface area contributed by atoms with E-state index in [0.717, 1.165) is 6.54 Å². The molecule has 0 saturated heterocycles. The van der Waals surface area contributed by atoms with Crippen molar-refractivity contribution in [1.29, 1.82) is 0 Å². The molecule has 0 atom stereocenters. The van der Waals surface area contributed by atoms with Crippen LogP contribution in [0.15, 0.2) is 0 Å². The van der Waals surface area contributed by atoms with Crippen LogP contribution in [0, 0.1) is 5.92 Å². The van der Waals surface area contributed by atoms with Gasteiger partial charge in [-0.25, -0.2) is 0 Å². The third-order valence-electron chi connectivity index (χ3n) is 1.33. The van der Waals surface area contributed by atoms with Crippen molar-refractivity contribution in [2.24, 2.45) is 5.92 Å². The van der Waals surface area contributed by atoms with Crippen LogP contribution in [0.3, 0.4) is 0 Å². The van der Waals surface area contributed by atoms with Crippen molar-refractivity contribution in [3.8, 4) is 0 Å². The highest BCUT2D eigenvalue weighted by Gasteiger charge is 2.02. The van der Waals surface area contributed by atoms with Gasteiger partial charge in [0.15, 0.2) is 0 Å². The first-order valence-corrected chi connectivity index (χ1v) is 3.95. The maximum Gasteiger partial charge on any atom is 0.236 e. The van der Waals surface area contributed by atoms with Gasteiger partial charge in [0.2, 0.25) is 5.91 Å². The van der Waals surface area contributed by atoms with Crippen molar-refractivity contribution in [2.45, 2.75) is 13.8 Å². The highest BCUT2D eigenvalue weighted by Crippen LogP contribution is 1.86. The molecule has 3 nitrogen and oxygen atoms in total. The zero-order valence-corrected chi connectivity index (χ0v) is 7.85. The lowest BCUT2D eigenvalue weighted by molar-refractivity contribution is -0.127. The Labute approximate surface area is 68.8 Å².